The highest BCUT2D eigenvalue weighted by molar-refractivity contribution is 5.71. The second kappa shape index (κ2) is 6.79. The van der Waals surface area contributed by atoms with Crippen LogP contribution in [0.25, 0.3) is 0 Å². The van der Waals surface area contributed by atoms with Gasteiger partial charge in [-0.2, -0.15) is 0 Å². The molecule has 1 atom stereocenters. The van der Waals surface area contributed by atoms with Gasteiger partial charge in [-0.1, -0.05) is 13.8 Å². The summed E-state index contributed by atoms with van der Waals surface area (Å²) in [5, 5.41) is 11.9. The van der Waals surface area contributed by atoms with Crippen LogP contribution in [0.5, 0.6) is 0 Å². The fourth-order valence-electron chi connectivity index (χ4n) is 1.03. The van der Waals surface area contributed by atoms with Crippen molar-refractivity contribution in [2.45, 2.75) is 39.8 Å². The van der Waals surface area contributed by atoms with E-state index in [1.54, 1.807) is 0 Å². The zero-order chi connectivity index (χ0) is 11.1. The summed E-state index contributed by atoms with van der Waals surface area (Å²) < 4.78 is 4.94. The highest BCUT2D eigenvalue weighted by atomic mass is 16.5. The number of esters is 1. The fraction of sp³-hybridized carbons (Fsp3) is 0.900. The highest BCUT2D eigenvalue weighted by Crippen LogP contribution is 1.99. The molecule has 0 amide bonds. The molecular weight excluding hydrogens is 182 g/mol. The quantitative estimate of drug-likeness (QED) is 0.619. The smallest absolute Gasteiger partial charge is 0.320 e. The number of carbonyl (C=O) groups excluding carboxylic acids is 1. The molecule has 4 heteroatoms. The van der Waals surface area contributed by atoms with Gasteiger partial charge in [-0.15, -0.1) is 0 Å². The zero-order valence-corrected chi connectivity index (χ0v) is 9.41. The summed E-state index contributed by atoms with van der Waals surface area (Å²) in [5.41, 5.74) is 0. The van der Waals surface area contributed by atoms with Gasteiger partial charge in [0.2, 0.25) is 0 Å². The molecule has 0 radical (unpaired) electrons. The molecule has 0 aromatic rings. The Hall–Kier alpha value is -0.610. The van der Waals surface area contributed by atoms with Gasteiger partial charge in [0, 0.05) is 6.04 Å². The molecule has 0 aliphatic heterocycles. The van der Waals surface area contributed by atoms with Gasteiger partial charge in [0.1, 0.15) is 0 Å². The van der Waals surface area contributed by atoms with Crippen LogP contribution >= 0.6 is 0 Å². The van der Waals surface area contributed by atoms with Crippen LogP contribution in [0.3, 0.4) is 0 Å². The van der Waals surface area contributed by atoms with Gasteiger partial charge in [-0.05, 0) is 19.8 Å². The lowest BCUT2D eigenvalue weighted by Crippen LogP contribution is -2.40. The lowest BCUT2D eigenvalue weighted by molar-refractivity contribution is -0.146. The number of hydrogen-bond acceptors (Lipinski definition) is 4. The van der Waals surface area contributed by atoms with E-state index in [0.29, 0.717) is 5.92 Å². The van der Waals surface area contributed by atoms with Crippen molar-refractivity contribution in [2.24, 2.45) is 5.92 Å². The van der Waals surface area contributed by atoms with Gasteiger partial charge >= 0.3 is 5.97 Å². The van der Waals surface area contributed by atoms with Gasteiger partial charge in [-0.3, -0.25) is 4.79 Å². The van der Waals surface area contributed by atoms with Crippen LogP contribution in [-0.2, 0) is 9.53 Å². The second-order valence-electron chi connectivity index (χ2n) is 3.95. The molecule has 0 spiro atoms. The third-order valence-corrected chi connectivity index (χ3v) is 1.88. The molecule has 0 fully saturated rings. The van der Waals surface area contributed by atoms with Crippen LogP contribution in [-0.4, -0.2) is 36.4 Å². The minimum atomic E-state index is -0.279. The lowest BCUT2D eigenvalue weighted by atomic mass is 10.1. The minimum Gasteiger partial charge on any atom is -0.462 e. The number of aliphatic hydroxyl groups is 1. The Labute approximate surface area is 85.6 Å². The first kappa shape index (κ1) is 13.4. The predicted molar refractivity (Wildman–Crippen MR) is 54.9 cm³/mol. The van der Waals surface area contributed by atoms with Crippen LogP contribution in [0, 0.1) is 5.92 Å². The summed E-state index contributed by atoms with van der Waals surface area (Å²) in [5.74, 6) is 0.0194. The Bertz CT molecular complexity index is 169. The number of rotatable bonds is 6. The van der Waals surface area contributed by atoms with E-state index in [4.69, 9.17) is 9.84 Å². The third-order valence-electron chi connectivity index (χ3n) is 1.88. The van der Waals surface area contributed by atoms with Crippen molar-refractivity contribution in [3.8, 4) is 0 Å². The Balaban J connectivity index is 3.74. The molecule has 0 aromatic carbocycles. The number of ether oxygens (including phenoxy) is 1. The number of carbonyl (C=O) groups is 1. The van der Waals surface area contributed by atoms with Gasteiger partial charge in [0.15, 0.2) is 0 Å². The van der Waals surface area contributed by atoms with E-state index in [0.717, 1.165) is 0 Å². The second-order valence-corrected chi connectivity index (χ2v) is 3.95. The highest BCUT2D eigenvalue weighted by Gasteiger charge is 2.13. The van der Waals surface area contributed by atoms with Crippen molar-refractivity contribution >= 4 is 5.97 Å². The molecule has 84 valence electrons. The van der Waals surface area contributed by atoms with Crippen LogP contribution in [0.1, 0.15) is 27.7 Å². The fourth-order valence-corrected chi connectivity index (χ4v) is 1.03. The van der Waals surface area contributed by atoms with E-state index in [1.807, 2.05) is 27.7 Å². The normalized spacial score (nSPS) is 13.4. The summed E-state index contributed by atoms with van der Waals surface area (Å²) in [6.45, 7) is 7.78. The Morgan fingerprint density at radius 1 is 1.36 bits per heavy atom. The van der Waals surface area contributed by atoms with Gasteiger partial charge in [0.25, 0.3) is 0 Å². The van der Waals surface area contributed by atoms with E-state index < -0.39 is 0 Å². The Morgan fingerprint density at radius 3 is 2.29 bits per heavy atom. The SMILES string of the molecule is CC(C)OC(=O)CNC(CO)C(C)C. The molecule has 14 heavy (non-hydrogen) atoms. The van der Waals surface area contributed by atoms with Gasteiger partial charge < -0.3 is 15.2 Å². The van der Waals surface area contributed by atoms with E-state index in [-0.39, 0.29) is 31.3 Å². The Morgan fingerprint density at radius 2 is 1.93 bits per heavy atom. The molecule has 0 aliphatic carbocycles. The maximum atomic E-state index is 11.1. The first-order valence-corrected chi connectivity index (χ1v) is 5.01. The third kappa shape index (κ3) is 5.94. The van der Waals surface area contributed by atoms with Gasteiger partial charge in [0.05, 0.1) is 19.3 Å². The predicted octanol–water partition coefficient (Wildman–Crippen LogP) is 0.544. The van der Waals surface area contributed by atoms with Crippen molar-refractivity contribution in [1.82, 2.24) is 5.32 Å². The minimum absolute atomic E-state index is 0.0344. The molecule has 0 rings (SSSR count). The summed E-state index contributed by atoms with van der Waals surface area (Å²) in [6, 6.07) is -0.0466. The number of hydrogen-bond donors (Lipinski definition) is 2. The van der Waals surface area contributed by atoms with E-state index in [9.17, 15) is 4.79 Å². The molecular formula is C10H21NO3. The van der Waals surface area contributed by atoms with Crippen molar-refractivity contribution in [3.05, 3.63) is 0 Å². The van der Waals surface area contributed by atoms with Crippen molar-refractivity contribution in [1.29, 1.82) is 0 Å². The van der Waals surface area contributed by atoms with Crippen LogP contribution in [0.2, 0.25) is 0 Å². The number of nitrogens with one attached hydrogen (secondary N) is 1. The topological polar surface area (TPSA) is 58.6 Å². The van der Waals surface area contributed by atoms with Gasteiger partial charge in [-0.25, -0.2) is 0 Å². The van der Waals surface area contributed by atoms with Crippen molar-refractivity contribution in [2.75, 3.05) is 13.2 Å². The van der Waals surface area contributed by atoms with E-state index in [2.05, 4.69) is 5.32 Å². The number of aliphatic hydroxyl groups excluding tert-OH is 1. The molecule has 0 aromatic heterocycles. The summed E-state index contributed by atoms with van der Waals surface area (Å²) >= 11 is 0. The first-order chi connectivity index (χ1) is 6.47. The van der Waals surface area contributed by atoms with E-state index in [1.165, 1.54) is 0 Å². The molecule has 0 bridgehead atoms. The standard InChI is InChI=1S/C10H21NO3/c1-7(2)9(6-12)11-5-10(13)14-8(3)4/h7-9,11-12H,5-6H2,1-4H3. The molecule has 0 heterocycles. The average Bonchev–Trinajstić information content (AvgIpc) is 2.03. The average molecular weight is 203 g/mol. The van der Waals surface area contributed by atoms with Crippen LogP contribution in [0.4, 0.5) is 0 Å². The molecule has 0 aliphatic rings. The summed E-state index contributed by atoms with van der Waals surface area (Å²) in [4.78, 5) is 11.1. The lowest BCUT2D eigenvalue weighted by Gasteiger charge is -2.19. The zero-order valence-electron chi connectivity index (χ0n) is 9.41. The maximum absolute atomic E-state index is 11.1. The molecule has 0 saturated carbocycles. The van der Waals surface area contributed by atoms with Crippen LogP contribution in [0.15, 0.2) is 0 Å². The molecule has 4 nitrogen and oxygen atoms in total. The maximum Gasteiger partial charge on any atom is 0.320 e. The monoisotopic (exact) mass is 203 g/mol. The largest absolute Gasteiger partial charge is 0.462 e. The summed E-state index contributed by atoms with van der Waals surface area (Å²) in [7, 11) is 0. The molecule has 2 N–H and O–H groups in total. The van der Waals surface area contributed by atoms with Crippen LogP contribution < -0.4 is 5.32 Å². The van der Waals surface area contributed by atoms with Crippen molar-refractivity contribution < 1.29 is 14.6 Å². The Kier molecular flexibility index (Phi) is 6.49. The summed E-state index contributed by atoms with van der Waals surface area (Å²) in [6.07, 6.45) is -0.0871. The molecule has 0 saturated heterocycles. The van der Waals surface area contributed by atoms with Crippen molar-refractivity contribution in [3.63, 3.8) is 0 Å². The molecule has 1 unspecified atom stereocenters. The first-order valence-electron chi connectivity index (χ1n) is 5.01. The van der Waals surface area contributed by atoms with E-state index >= 15 is 0 Å².